The fraction of sp³-hybridized carbons (Fsp3) is 0.333. The highest BCUT2D eigenvalue weighted by atomic mass is 31.1. The molecular formula is C3H10NO3P. The number of rotatable bonds is 1. The molecule has 0 aromatic carbocycles. The predicted octanol–water partition coefficient (Wildman–Crippen LogP) is -0.508. The molecule has 4 N–H and O–H groups in total. The SMILES string of the molecule is C=CCN.O=[PH](O)O. The lowest BCUT2D eigenvalue weighted by molar-refractivity contribution is 0.405. The van der Waals surface area contributed by atoms with Crippen molar-refractivity contribution in [1.82, 2.24) is 0 Å². The van der Waals surface area contributed by atoms with Crippen LogP contribution in [0, 0.1) is 0 Å². The molecule has 0 rings (SSSR count). The van der Waals surface area contributed by atoms with Gasteiger partial charge in [-0.3, -0.25) is 4.57 Å². The first-order valence-corrected chi connectivity index (χ1v) is 3.18. The summed E-state index contributed by atoms with van der Waals surface area (Å²) in [6.07, 6.45) is 1.65. The minimum absolute atomic E-state index is 0.583. The van der Waals surface area contributed by atoms with Crippen molar-refractivity contribution in [3.05, 3.63) is 12.7 Å². The summed E-state index contributed by atoms with van der Waals surface area (Å²) in [6.45, 7) is 3.94. The van der Waals surface area contributed by atoms with Crippen molar-refractivity contribution in [2.24, 2.45) is 5.73 Å². The van der Waals surface area contributed by atoms with Crippen LogP contribution in [0.15, 0.2) is 12.7 Å². The third kappa shape index (κ3) is 190. The van der Waals surface area contributed by atoms with Crippen molar-refractivity contribution in [2.45, 2.75) is 0 Å². The molecule has 5 heteroatoms. The van der Waals surface area contributed by atoms with Gasteiger partial charge in [0.05, 0.1) is 0 Å². The summed E-state index contributed by atoms with van der Waals surface area (Å²) in [6, 6.07) is 0. The second-order valence-electron chi connectivity index (χ2n) is 0.807. The number of hydrogen-bond acceptors (Lipinski definition) is 2. The Balaban J connectivity index is 0. The molecule has 0 radical (unpaired) electrons. The third-order valence-electron chi connectivity index (χ3n) is 0.167. The van der Waals surface area contributed by atoms with Crippen molar-refractivity contribution in [3.8, 4) is 0 Å². The smallest absolute Gasteiger partial charge is 0.314 e. The average molecular weight is 139 g/mol. The van der Waals surface area contributed by atoms with E-state index in [0.717, 1.165) is 0 Å². The summed E-state index contributed by atoms with van der Waals surface area (Å²) in [4.78, 5) is 14.3. The van der Waals surface area contributed by atoms with Gasteiger partial charge in [-0.1, -0.05) is 6.08 Å². The van der Waals surface area contributed by atoms with E-state index in [9.17, 15) is 0 Å². The third-order valence-corrected chi connectivity index (χ3v) is 0.167. The van der Waals surface area contributed by atoms with Crippen LogP contribution in [0.3, 0.4) is 0 Å². The Hall–Kier alpha value is -0.150. The Labute approximate surface area is 48.6 Å². The molecule has 0 aliphatic rings. The lowest BCUT2D eigenvalue weighted by Crippen LogP contribution is -1.90. The molecule has 50 valence electrons. The molecule has 0 amide bonds. The quantitative estimate of drug-likeness (QED) is 0.337. The highest BCUT2D eigenvalue weighted by Gasteiger charge is 1.61. The summed E-state index contributed by atoms with van der Waals surface area (Å²) >= 11 is 0. The highest BCUT2D eigenvalue weighted by Crippen LogP contribution is 1.98. The highest BCUT2D eigenvalue weighted by molar-refractivity contribution is 7.30. The topological polar surface area (TPSA) is 83.6 Å². The van der Waals surface area contributed by atoms with Crippen molar-refractivity contribution >= 4 is 8.25 Å². The largest absolute Gasteiger partial charge is 0.327 e. The maximum absolute atomic E-state index is 8.74. The minimum Gasteiger partial charge on any atom is -0.327 e. The van der Waals surface area contributed by atoms with Gasteiger partial charge in [-0.05, 0) is 0 Å². The molecule has 0 aliphatic carbocycles. The number of nitrogens with two attached hydrogens (primary N) is 1. The Bertz CT molecular complexity index is 70.9. The Kier molecular flexibility index (Phi) is 13.4. The van der Waals surface area contributed by atoms with E-state index in [2.05, 4.69) is 6.58 Å². The second kappa shape index (κ2) is 9.97. The molecule has 0 aliphatic heterocycles. The van der Waals surface area contributed by atoms with Crippen LogP contribution in [-0.4, -0.2) is 16.3 Å². The van der Waals surface area contributed by atoms with Gasteiger partial charge in [0.15, 0.2) is 0 Å². The molecule has 8 heavy (non-hydrogen) atoms. The first kappa shape index (κ1) is 10.8. The summed E-state index contributed by atoms with van der Waals surface area (Å²) in [5, 5.41) is 0. The van der Waals surface area contributed by atoms with Crippen LogP contribution in [0.4, 0.5) is 0 Å². The molecule has 4 nitrogen and oxygen atoms in total. The maximum atomic E-state index is 8.74. The van der Waals surface area contributed by atoms with Crippen LogP contribution in [0.5, 0.6) is 0 Å². The second-order valence-corrected chi connectivity index (χ2v) is 1.37. The number of hydrogen-bond donors (Lipinski definition) is 3. The molecule has 0 aromatic rings. The summed E-state index contributed by atoms with van der Waals surface area (Å²) in [5.41, 5.74) is 4.91. The lowest BCUT2D eigenvalue weighted by Gasteiger charge is -1.61. The van der Waals surface area contributed by atoms with E-state index in [1.54, 1.807) is 6.08 Å². The summed E-state index contributed by atoms with van der Waals surface area (Å²) < 4.78 is 8.74. The summed E-state index contributed by atoms with van der Waals surface area (Å²) in [7, 11) is -3.13. The normalized spacial score (nSPS) is 7.50. The molecule has 0 bridgehead atoms. The van der Waals surface area contributed by atoms with E-state index in [1.165, 1.54) is 0 Å². The molecule has 0 heterocycles. The first-order chi connectivity index (χ1) is 3.65. The molecule has 0 saturated carbocycles. The summed E-state index contributed by atoms with van der Waals surface area (Å²) in [5.74, 6) is 0. The fourth-order valence-corrected chi connectivity index (χ4v) is 0. The predicted molar refractivity (Wildman–Crippen MR) is 32.7 cm³/mol. The molecule has 0 unspecified atom stereocenters. The average Bonchev–Trinajstić information content (AvgIpc) is 1.65. The van der Waals surface area contributed by atoms with Gasteiger partial charge in [0.25, 0.3) is 0 Å². The van der Waals surface area contributed by atoms with Crippen molar-refractivity contribution in [1.29, 1.82) is 0 Å². The standard InChI is InChI=1S/C3H7N.H3O3P/c1-2-3-4;1-4(2)3/h2H,1,3-4H2;4H,(H2,1,2,3). The molecule has 0 atom stereocenters. The molecular weight excluding hydrogens is 129 g/mol. The van der Waals surface area contributed by atoms with Crippen LogP contribution in [0.2, 0.25) is 0 Å². The van der Waals surface area contributed by atoms with E-state index in [0.29, 0.717) is 6.54 Å². The molecule has 0 fully saturated rings. The van der Waals surface area contributed by atoms with Crippen LogP contribution < -0.4 is 5.73 Å². The van der Waals surface area contributed by atoms with Gasteiger partial charge in [0.2, 0.25) is 0 Å². The van der Waals surface area contributed by atoms with Crippen LogP contribution in [0.25, 0.3) is 0 Å². The van der Waals surface area contributed by atoms with Gasteiger partial charge in [-0.25, -0.2) is 0 Å². The maximum Gasteiger partial charge on any atom is 0.314 e. The van der Waals surface area contributed by atoms with Crippen molar-refractivity contribution in [2.75, 3.05) is 6.54 Å². The Morgan fingerprint density at radius 1 is 1.75 bits per heavy atom. The van der Waals surface area contributed by atoms with Gasteiger partial charge in [-0.15, -0.1) is 6.58 Å². The Morgan fingerprint density at radius 3 is 1.88 bits per heavy atom. The van der Waals surface area contributed by atoms with E-state index in [-0.39, 0.29) is 0 Å². The van der Waals surface area contributed by atoms with Crippen LogP contribution in [-0.2, 0) is 4.57 Å². The van der Waals surface area contributed by atoms with Crippen LogP contribution in [0.1, 0.15) is 0 Å². The lowest BCUT2D eigenvalue weighted by atomic mass is 10.7. The van der Waals surface area contributed by atoms with Gasteiger partial charge in [0, 0.05) is 6.54 Å². The Morgan fingerprint density at radius 2 is 1.88 bits per heavy atom. The van der Waals surface area contributed by atoms with Gasteiger partial charge >= 0.3 is 8.25 Å². The van der Waals surface area contributed by atoms with E-state index in [1.807, 2.05) is 0 Å². The van der Waals surface area contributed by atoms with Gasteiger partial charge in [0.1, 0.15) is 0 Å². The fourth-order valence-electron chi connectivity index (χ4n) is 0. The van der Waals surface area contributed by atoms with Crippen molar-refractivity contribution in [3.63, 3.8) is 0 Å². The zero-order valence-corrected chi connectivity index (χ0v) is 5.37. The van der Waals surface area contributed by atoms with Crippen LogP contribution >= 0.6 is 8.25 Å². The van der Waals surface area contributed by atoms with E-state index >= 15 is 0 Å². The van der Waals surface area contributed by atoms with Gasteiger partial charge in [-0.2, -0.15) is 0 Å². The minimum atomic E-state index is -3.13. The monoisotopic (exact) mass is 139 g/mol. The zero-order valence-electron chi connectivity index (χ0n) is 4.37. The molecule has 0 spiro atoms. The van der Waals surface area contributed by atoms with E-state index in [4.69, 9.17) is 20.1 Å². The zero-order chi connectivity index (χ0) is 6.99. The molecule has 0 aromatic heterocycles. The first-order valence-electron chi connectivity index (χ1n) is 1.88. The molecule has 0 saturated heterocycles. The van der Waals surface area contributed by atoms with Crippen molar-refractivity contribution < 1.29 is 14.4 Å². The van der Waals surface area contributed by atoms with Gasteiger partial charge < -0.3 is 15.5 Å². The van der Waals surface area contributed by atoms with E-state index < -0.39 is 8.25 Å².